The summed E-state index contributed by atoms with van der Waals surface area (Å²) >= 11 is 6.25. The van der Waals surface area contributed by atoms with Gasteiger partial charge in [0.15, 0.2) is 9.84 Å². The predicted octanol–water partition coefficient (Wildman–Crippen LogP) is 3.81. The van der Waals surface area contributed by atoms with Gasteiger partial charge in [-0.3, -0.25) is 9.52 Å². The van der Waals surface area contributed by atoms with Gasteiger partial charge in [0.1, 0.15) is 5.82 Å². The van der Waals surface area contributed by atoms with Crippen molar-refractivity contribution < 1.29 is 21.6 Å². The normalized spacial score (nSPS) is 16.0. The Balaban J connectivity index is 1.76. The fraction of sp³-hybridized carbons (Fsp3) is 0.429. The number of carbonyl (C=O) groups excluding carboxylic acids is 1. The van der Waals surface area contributed by atoms with Gasteiger partial charge >= 0.3 is 0 Å². The Bertz CT molecular complexity index is 1190. The maximum absolute atomic E-state index is 12.8. The largest absolute Gasteiger partial charge is 0.311 e. The number of anilines is 2. The van der Waals surface area contributed by atoms with Crippen molar-refractivity contribution in [3.8, 4) is 0 Å². The molecule has 1 saturated carbocycles. The molecule has 1 aromatic heterocycles. The van der Waals surface area contributed by atoms with Crippen molar-refractivity contribution in [1.82, 2.24) is 4.98 Å². The van der Waals surface area contributed by atoms with Crippen LogP contribution in [0.2, 0.25) is 5.02 Å². The van der Waals surface area contributed by atoms with Crippen molar-refractivity contribution in [1.29, 1.82) is 0 Å². The molecule has 0 saturated heterocycles. The van der Waals surface area contributed by atoms with Gasteiger partial charge in [-0.1, -0.05) is 30.5 Å². The van der Waals surface area contributed by atoms with Crippen LogP contribution in [-0.2, 0) is 24.7 Å². The zero-order valence-corrected chi connectivity index (χ0v) is 20.2. The van der Waals surface area contributed by atoms with Crippen LogP contribution < -0.4 is 10.0 Å². The van der Waals surface area contributed by atoms with Crippen LogP contribution >= 0.6 is 11.6 Å². The molecule has 2 aromatic rings. The molecular formula is C21H26ClN3O5S2. The molecule has 174 valence electrons. The second kappa shape index (κ2) is 9.76. The van der Waals surface area contributed by atoms with E-state index in [2.05, 4.69) is 15.0 Å². The highest BCUT2D eigenvalue weighted by atomic mass is 35.5. The van der Waals surface area contributed by atoms with Crippen LogP contribution in [0.25, 0.3) is 0 Å². The molecule has 1 aromatic carbocycles. The molecule has 1 aliphatic carbocycles. The third-order valence-corrected chi connectivity index (χ3v) is 7.68. The first-order valence-corrected chi connectivity index (χ1v) is 14.3. The number of pyridine rings is 1. The van der Waals surface area contributed by atoms with E-state index in [4.69, 9.17) is 11.6 Å². The highest BCUT2D eigenvalue weighted by molar-refractivity contribution is 7.92. The molecule has 0 spiro atoms. The standard InChI is InChI=1S/C21H26ClN3O5S2/c1-31(27,28)19-9-7-15(11-18(19)22)17(14-5-3-4-6-14)12-21(26)24-20-10-8-16(13-23-20)25-32(2,29)30/h7-11,13-14,17,25H,3-6,12H2,1-2H3,(H,23,24,26). The Morgan fingerprint density at radius 3 is 2.34 bits per heavy atom. The summed E-state index contributed by atoms with van der Waals surface area (Å²) in [4.78, 5) is 16.9. The maximum Gasteiger partial charge on any atom is 0.229 e. The van der Waals surface area contributed by atoms with E-state index in [0.29, 0.717) is 17.4 Å². The molecule has 1 aliphatic rings. The van der Waals surface area contributed by atoms with Gasteiger partial charge in [-0.05, 0) is 54.5 Å². The van der Waals surface area contributed by atoms with E-state index < -0.39 is 19.9 Å². The first-order valence-electron chi connectivity index (χ1n) is 10.2. The van der Waals surface area contributed by atoms with Gasteiger partial charge in [0, 0.05) is 12.7 Å². The van der Waals surface area contributed by atoms with Gasteiger partial charge in [-0.2, -0.15) is 0 Å². The van der Waals surface area contributed by atoms with Crippen LogP contribution in [0.5, 0.6) is 0 Å². The quantitative estimate of drug-likeness (QED) is 0.569. The zero-order valence-electron chi connectivity index (χ0n) is 17.8. The molecule has 0 bridgehead atoms. The van der Waals surface area contributed by atoms with Crippen molar-refractivity contribution in [2.45, 2.75) is 42.9 Å². The Kier molecular flexibility index (Phi) is 7.46. The number of nitrogens with zero attached hydrogens (tertiary/aromatic N) is 1. The second-order valence-electron chi connectivity index (χ2n) is 8.17. The number of benzene rings is 1. The van der Waals surface area contributed by atoms with Gasteiger partial charge in [-0.25, -0.2) is 21.8 Å². The molecule has 1 amide bonds. The fourth-order valence-electron chi connectivity index (χ4n) is 4.10. The van der Waals surface area contributed by atoms with Gasteiger partial charge < -0.3 is 5.32 Å². The summed E-state index contributed by atoms with van der Waals surface area (Å²) in [5.74, 6) is 0.274. The average molecular weight is 500 g/mol. The van der Waals surface area contributed by atoms with E-state index in [-0.39, 0.29) is 28.2 Å². The van der Waals surface area contributed by atoms with E-state index in [1.807, 2.05) is 0 Å². The molecule has 8 nitrogen and oxygen atoms in total. The molecule has 0 radical (unpaired) electrons. The summed E-state index contributed by atoms with van der Waals surface area (Å²) in [6, 6.07) is 7.93. The van der Waals surface area contributed by atoms with Crippen LogP contribution in [-0.4, -0.2) is 40.2 Å². The van der Waals surface area contributed by atoms with Gasteiger partial charge in [0.25, 0.3) is 0 Å². The lowest BCUT2D eigenvalue weighted by atomic mass is 9.82. The minimum absolute atomic E-state index is 0.0736. The molecule has 2 N–H and O–H groups in total. The predicted molar refractivity (Wildman–Crippen MR) is 125 cm³/mol. The Labute approximate surface area is 193 Å². The van der Waals surface area contributed by atoms with Gasteiger partial charge in [-0.15, -0.1) is 0 Å². The number of halogens is 1. The summed E-state index contributed by atoms with van der Waals surface area (Å²) in [7, 11) is -6.85. The number of sulfone groups is 1. The maximum atomic E-state index is 12.8. The minimum Gasteiger partial charge on any atom is -0.311 e. The smallest absolute Gasteiger partial charge is 0.229 e. The van der Waals surface area contributed by atoms with E-state index in [1.54, 1.807) is 12.1 Å². The third-order valence-electron chi connectivity index (χ3n) is 5.49. The lowest BCUT2D eigenvalue weighted by Gasteiger charge is -2.24. The van der Waals surface area contributed by atoms with E-state index in [0.717, 1.165) is 43.8 Å². The minimum atomic E-state index is -3.44. The summed E-state index contributed by atoms with van der Waals surface area (Å²) < 4.78 is 48.7. The van der Waals surface area contributed by atoms with Crippen molar-refractivity contribution in [3.63, 3.8) is 0 Å². The lowest BCUT2D eigenvalue weighted by molar-refractivity contribution is -0.116. The summed E-state index contributed by atoms with van der Waals surface area (Å²) in [6.45, 7) is 0. The highest BCUT2D eigenvalue weighted by Gasteiger charge is 2.29. The Hall–Kier alpha value is -2.17. The number of hydrogen-bond acceptors (Lipinski definition) is 6. The number of sulfonamides is 1. The van der Waals surface area contributed by atoms with E-state index >= 15 is 0 Å². The Morgan fingerprint density at radius 2 is 1.81 bits per heavy atom. The van der Waals surface area contributed by atoms with Crippen LogP contribution in [0.4, 0.5) is 11.5 Å². The number of hydrogen-bond donors (Lipinski definition) is 2. The SMILES string of the molecule is CS(=O)(=O)Nc1ccc(NC(=O)CC(c2ccc(S(C)(=O)=O)c(Cl)c2)C2CCCC2)nc1. The van der Waals surface area contributed by atoms with Crippen LogP contribution in [0, 0.1) is 5.92 Å². The van der Waals surface area contributed by atoms with Gasteiger partial charge in [0.05, 0.1) is 28.1 Å². The van der Waals surface area contributed by atoms with Crippen molar-refractivity contribution in [2.75, 3.05) is 22.6 Å². The van der Waals surface area contributed by atoms with E-state index in [9.17, 15) is 21.6 Å². The van der Waals surface area contributed by atoms with Crippen LogP contribution in [0.1, 0.15) is 43.6 Å². The number of aromatic nitrogens is 1. The molecule has 1 atom stereocenters. The third kappa shape index (κ3) is 6.66. The monoisotopic (exact) mass is 499 g/mol. The molecule has 1 fully saturated rings. The first-order chi connectivity index (χ1) is 14.9. The molecule has 1 heterocycles. The summed E-state index contributed by atoms with van der Waals surface area (Å²) in [6.07, 6.45) is 7.85. The zero-order chi connectivity index (χ0) is 23.5. The number of rotatable bonds is 8. The number of amides is 1. The van der Waals surface area contributed by atoms with Crippen molar-refractivity contribution in [3.05, 3.63) is 47.1 Å². The summed E-state index contributed by atoms with van der Waals surface area (Å²) in [5.41, 5.74) is 1.14. The molecule has 11 heteroatoms. The van der Waals surface area contributed by atoms with Crippen molar-refractivity contribution in [2.24, 2.45) is 5.92 Å². The van der Waals surface area contributed by atoms with Crippen LogP contribution in [0.15, 0.2) is 41.4 Å². The summed E-state index contributed by atoms with van der Waals surface area (Å²) in [5, 5.41) is 2.91. The lowest BCUT2D eigenvalue weighted by Crippen LogP contribution is -2.20. The highest BCUT2D eigenvalue weighted by Crippen LogP contribution is 2.41. The molecule has 3 rings (SSSR count). The van der Waals surface area contributed by atoms with Crippen LogP contribution in [0.3, 0.4) is 0 Å². The number of carbonyl (C=O) groups is 1. The fourth-order valence-corrected chi connectivity index (χ4v) is 5.99. The molecule has 1 unspecified atom stereocenters. The van der Waals surface area contributed by atoms with E-state index in [1.165, 1.54) is 24.4 Å². The van der Waals surface area contributed by atoms with Crippen molar-refractivity contribution >= 4 is 48.9 Å². The Morgan fingerprint density at radius 1 is 1.12 bits per heavy atom. The number of nitrogens with one attached hydrogen (secondary N) is 2. The molecule has 0 aliphatic heterocycles. The molecule has 32 heavy (non-hydrogen) atoms. The second-order valence-corrected chi connectivity index (χ2v) is 12.3. The topological polar surface area (TPSA) is 122 Å². The molecular weight excluding hydrogens is 474 g/mol. The average Bonchev–Trinajstić information content (AvgIpc) is 3.20. The van der Waals surface area contributed by atoms with Gasteiger partial charge in [0.2, 0.25) is 15.9 Å². The first kappa shape index (κ1) is 24.5.